The minimum Gasteiger partial charge on any atom is -0.265 e. The summed E-state index contributed by atoms with van der Waals surface area (Å²) in [6.45, 7) is 0. The van der Waals surface area contributed by atoms with Crippen molar-refractivity contribution in [3.8, 4) is 11.1 Å². The summed E-state index contributed by atoms with van der Waals surface area (Å²) in [4.78, 5) is 10.6. The van der Waals surface area contributed by atoms with E-state index in [1.165, 1.54) is 0 Å². The van der Waals surface area contributed by atoms with E-state index in [4.69, 9.17) is 0 Å². The Balaban J connectivity index is 2.70. The van der Waals surface area contributed by atoms with Crippen molar-refractivity contribution < 1.29 is 7.99 Å². The number of nitrogens with zero attached hydrogens (tertiary/aromatic N) is 1. The molecule has 0 unspecified atom stereocenters. The van der Waals surface area contributed by atoms with E-state index in [0.29, 0.717) is 9.13 Å². The van der Waals surface area contributed by atoms with E-state index >= 15 is 0 Å². The number of benzene rings is 2. The maximum atomic E-state index is 11.1. The van der Waals surface area contributed by atoms with Gasteiger partial charge in [0.25, 0.3) is 5.69 Å². The maximum absolute atomic E-state index is 11.1. The van der Waals surface area contributed by atoms with Gasteiger partial charge in [0, 0.05) is 0 Å². The van der Waals surface area contributed by atoms with Crippen molar-refractivity contribution in [1.82, 2.24) is 0 Å². The third kappa shape index (κ3) is 2.38. The van der Waals surface area contributed by atoms with E-state index in [0.717, 1.165) is 5.56 Å². The standard InChI is InChI=1S/C12H8INO3/c15-13-11-8-4-7-10(12(11)14(16)17)9-5-2-1-3-6-9/h1-8H. The predicted molar refractivity (Wildman–Crippen MR) is 71.9 cm³/mol. The zero-order chi connectivity index (χ0) is 12.3. The number of hydrogen-bond acceptors (Lipinski definition) is 3. The van der Waals surface area contributed by atoms with E-state index in [-0.39, 0.29) is 5.69 Å². The molecule has 0 heterocycles. The minimum absolute atomic E-state index is 0.0403. The van der Waals surface area contributed by atoms with Gasteiger partial charge >= 0.3 is 0 Å². The average Bonchev–Trinajstić information content (AvgIpc) is 2.38. The summed E-state index contributed by atoms with van der Waals surface area (Å²) in [7, 11) is 0. The van der Waals surface area contributed by atoms with Crippen LogP contribution in [0.4, 0.5) is 5.69 Å². The summed E-state index contributed by atoms with van der Waals surface area (Å²) in [5.41, 5.74) is 1.24. The van der Waals surface area contributed by atoms with Gasteiger partial charge in [0.1, 0.15) is 3.57 Å². The molecule has 2 rings (SSSR count). The number of nitro benzene ring substituents is 1. The van der Waals surface area contributed by atoms with Crippen molar-refractivity contribution in [3.05, 3.63) is 62.2 Å². The van der Waals surface area contributed by atoms with Crippen LogP contribution in [0.15, 0.2) is 48.5 Å². The summed E-state index contributed by atoms with van der Waals surface area (Å²) in [6, 6.07) is 14.0. The van der Waals surface area contributed by atoms with Crippen LogP contribution in [0.1, 0.15) is 0 Å². The largest absolute Gasteiger partial charge is 0.293 e. The Morgan fingerprint density at radius 3 is 2.29 bits per heavy atom. The molecule has 4 nitrogen and oxygen atoms in total. The number of para-hydroxylation sites is 1. The fourth-order valence-corrected chi connectivity index (χ4v) is 2.66. The van der Waals surface area contributed by atoms with Crippen molar-refractivity contribution in [3.63, 3.8) is 0 Å². The molecule has 0 N–H and O–H groups in total. The van der Waals surface area contributed by atoms with Gasteiger partial charge in [0.15, 0.2) is 21.2 Å². The maximum Gasteiger partial charge on any atom is 0.293 e. The molecule has 0 aromatic heterocycles. The highest BCUT2D eigenvalue weighted by Gasteiger charge is 2.20. The molecule has 0 saturated carbocycles. The van der Waals surface area contributed by atoms with Gasteiger partial charge in [0.2, 0.25) is 0 Å². The van der Waals surface area contributed by atoms with Gasteiger partial charge in [-0.05, 0) is 17.7 Å². The first kappa shape index (κ1) is 11.8. The van der Waals surface area contributed by atoms with Gasteiger partial charge in [-0.2, -0.15) is 0 Å². The zero-order valence-electron chi connectivity index (χ0n) is 8.67. The smallest absolute Gasteiger partial charge is 0.265 e. The van der Waals surface area contributed by atoms with Crippen molar-refractivity contribution in [1.29, 1.82) is 0 Å². The molecule has 0 saturated heterocycles. The molecule has 5 heteroatoms. The normalized spacial score (nSPS) is 10.1. The molecular weight excluding hydrogens is 333 g/mol. The van der Waals surface area contributed by atoms with Crippen LogP contribution in [0.25, 0.3) is 11.1 Å². The summed E-state index contributed by atoms with van der Waals surface area (Å²) >= 11 is -1.55. The highest BCUT2D eigenvalue weighted by molar-refractivity contribution is 14.1. The molecular formula is C12H8INO3. The summed E-state index contributed by atoms with van der Waals surface area (Å²) in [5, 5.41) is 11.1. The zero-order valence-corrected chi connectivity index (χ0v) is 10.8. The Kier molecular flexibility index (Phi) is 3.58. The third-order valence-electron chi connectivity index (χ3n) is 2.34. The molecule has 86 valence electrons. The second-order valence-electron chi connectivity index (χ2n) is 3.34. The van der Waals surface area contributed by atoms with Crippen LogP contribution in [0.2, 0.25) is 0 Å². The van der Waals surface area contributed by atoms with E-state index in [1.54, 1.807) is 30.3 Å². The van der Waals surface area contributed by atoms with Crippen LogP contribution in [0.5, 0.6) is 0 Å². The Morgan fingerprint density at radius 1 is 1.00 bits per heavy atom. The van der Waals surface area contributed by atoms with Gasteiger partial charge in [-0.15, -0.1) is 0 Å². The molecule has 0 aliphatic heterocycles. The number of hydrogen-bond donors (Lipinski definition) is 0. The Hall–Kier alpha value is -1.63. The first-order valence-electron chi connectivity index (χ1n) is 4.84. The highest BCUT2D eigenvalue weighted by Crippen LogP contribution is 2.34. The fraction of sp³-hybridized carbons (Fsp3) is 0. The van der Waals surface area contributed by atoms with Crippen LogP contribution in [0, 0.1) is 13.7 Å². The third-order valence-corrected chi connectivity index (χ3v) is 3.68. The lowest BCUT2D eigenvalue weighted by molar-refractivity contribution is -0.385. The van der Waals surface area contributed by atoms with E-state index in [9.17, 15) is 13.2 Å². The minimum atomic E-state index is -1.55. The van der Waals surface area contributed by atoms with Gasteiger partial charge in [0.05, 0.1) is 10.5 Å². The van der Waals surface area contributed by atoms with Crippen LogP contribution < -0.4 is 0 Å². The first-order chi connectivity index (χ1) is 8.24. The monoisotopic (exact) mass is 341 g/mol. The van der Waals surface area contributed by atoms with Crippen molar-refractivity contribution in [2.24, 2.45) is 0 Å². The lowest BCUT2D eigenvalue weighted by atomic mass is 10.0. The number of nitro groups is 1. The van der Waals surface area contributed by atoms with Gasteiger partial charge < -0.3 is 0 Å². The lowest BCUT2D eigenvalue weighted by Crippen LogP contribution is -1.95. The topological polar surface area (TPSA) is 60.2 Å². The Morgan fingerprint density at radius 2 is 1.71 bits per heavy atom. The lowest BCUT2D eigenvalue weighted by Gasteiger charge is -2.03. The molecule has 0 radical (unpaired) electrons. The van der Waals surface area contributed by atoms with Crippen molar-refractivity contribution >= 4 is 26.9 Å². The molecule has 0 bridgehead atoms. The SMILES string of the molecule is O=Ic1cccc(-c2ccccc2)c1[N+](=O)[O-]. The fourth-order valence-electron chi connectivity index (χ4n) is 1.61. The molecule has 0 atom stereocenters. The van der Waals surface area contributed by atoms with Crippen molar-refractivity contribution in [2.45, 2.75) is 0 Å². The van der Waals surface area contributed by atoms with Crippen LogP contribution >= 0.6 is 21.2 Å². The van der Waals surface area contributed by atoms with Crippen LogP contribution in [-0.4, -0.2) is 4.92 Å². The molecule has 0 amide bonds. The molecule has 0 spiro atoms. The molecule has 17 heavy (non-hydrogen) atoms. The summed E-state index contributed by atoms with van der Waals surface area (Å²) in [6.07, 6.45) is 0. The van der Waals surface area contributed by atoms with E-state index in [2.05, 4.69) is 0 Å². The van der Waals surface area contributed by atoms with Gasteiger partial charge in [-0.1, -0.05) is 36.4 Å². The quantitative estimate of drug-likeness (QED) is 0.485. The van der Waals surface area contributed by atoms with Crippen LogP contribution in [-0.2, 0) is 3.07 Å². The Labute approximate surface area is 108 Å². The number of halogens is 1. The molecule has 0 aliphatic rings. The molecule has 2 aromatic rings. The molecule has 0 aliphatic carbocycles. The van der Waals surface area contributed by atoms with Gasteiger partial charge in [-0.3, -0.25) is 13.2 Å². The van der Waals surface area contributed by atoms with Gasteiger partial charge in [-0.25, -0.2) is 0 Å². The molecule has 2 aromatic carbocycles. The highest BCUT2D eigenvalue weighted by atomic mass is 127. The summed E-state index contributed by atoms with van der Waals surface area (Å²) in [5.74, 6) is 0. The van der Waals surface area contributed by atoms with E-state index < -0.39 is 26.1 Å². The van der Waals surface area contributed by atoms with E-state index in [1.807, 2.05) is 18.2 Å². The second kappa shape index (κ2) is 5.13. The predicted octanol–water partition coefficient (Wildman–Crippen LogP) is 3.75. The Bertz CT molecular complexity index is 569. The average molecular weight is 341 g/mol. The summed E-state index contributed by atoms with van der Waals surface area (Å²) < 4.78 is 11.4. The van der Waals surface area contributed by atoms with Crippen LogP contribution in [0.3, 0.4) is 0 Å². The molecule has 0 fully saturated rings. The number of rotatable bonds is 3. The van der Waals surface area contributed by atoms with Crippen molar-refractivity contribution in [2.75, 3.05) is 0 Å². The first-order valence-corrected chi connectivity index (χ1v) is 6.80. The second-order valence-corrected chi connectivity index (χ2v) is 4.94.